The van der Waals surface area contributed by atoms with Gasteiger partial charge in [0.2, 0.25) is 10.0 Å². The second-order valence-corrected chi connectivity index (χ2v) is 7.55. The highest BCUT2D eigenvalue weighted by Crippen LogP contribution is 2.15. The summed E-state index contributed by atoms with van der Waals surface area (Å²) in [6.45, 7) is 0.211. The molecule has 0 saturated heterocycles. The molecule has 0 aliphatic carbocycles. The van der Waals surface area contributed by atoms with Crippen LogP contribution in [0.3, 0.4) is 0 Å². The Labute approximate surface area is 158 Å². The molecule has 3 rings (SSSR count). The highest BCUT2D eigenvalue weighted by atomic mass is 32.2. The van der Waals surface area contributed by atoms with E-state index in [-0.39, 0.29) is 11.4 Å². The highest BCUT2D eigenvalue weighted by molar-refractivity contribution is 7.89. The van der Waals surface area contributed by atoms with Crippen LogP contribution in [0.25, 0.3) is 0 Å². The first kappa shape index (κ1) is 18.6. The van der Waals surface area contributed by atoms with Crippen molar-refractivity contribution in [1.82, 2.24) is 4.72 Å². The predicted octanol–water partition coefficient (Wildman–Crippen LogP) is 3.81. The topological polar surface area (TPSA) is 87.3 Å². The molecule has 6 nitrogen and oxygen atoms in total. The van der Waals surface area contributed by atoms with Crippen LogP contribution in [0.2, 0.25) is 0 Å². The van der Waals surface area contributed by atoms with E-state index in [1.54, 1.807) is 24.3 Å². The maximum Gasteiger partial charge on any atom is 0.323 e. The van der Waals surface area contributed by atoms with Gasteiger partial charge in [0.25, 0.3) is 0 Å². The molecule has 0 unspecified atom stereocenters. The van der Waals surface area contributed by atoms with Gasteiger partial charge in [0.05, 0.1) is 4.90 Å². The maximum absolute atomic E-state index is 12.4. The second kappa shape index (κ2) is 8.48. The fraction of sp³-hybridized carbons (Fsp3) is 0.0500. The van der Waals surface area contributed by atoms with Crippen LogP contribution in [0.1, 0.15) is 5.56 Å². The Morgan fingerprint density at radius 1 is 0.704 bits per heavy atom. The summed E-state index contributed by atoms with van der Waals surface area (Å²) < 4.78 is 27.3. The van der Waals surface area contributed by atoms with Gasteiger partial charge < -0.3 is 10.6 Å². The summed E-state index contributed by atoms with van der Waals surface area (Å²) in [6, 6.07) is 23.9. The van der Waals surface area contributed by atoms with Gasteiger partial charge in [-0.05, 0) is 42.0 Å². The Balaban J connectivity index is 1.59. The van der Waals surface area contributed by atoms with E-state index in [0.717, 1.165) is 5.56 Å². The number of urea groups is 1. The van der Waals surface area contributed by atoms with Crippen LogP contribution >= 0.6 is 0 Å². The number of nitrogens with one attached hydrogen (secondary N) is 3. The lowest BCUT2D eigenvalue weighted by Crippen LogP contribution is -2.23. The third-order valence-corrected chi connectivity index (χ3v) is 5.18. The molecule has 0 spiro atoms. The lowest BCUT2D eigenvalue weighted by molar-refractivity contribution is 0.262. The van der Waals surface area contributed by atoms with E-state index in [2.05, 4.69) is 15.4 Å². The van der Waals surface area contributed by atoms with E-state index in [0.29, 0.717) is 11.4 Å². The summed E-state index contributed by atoms with van der Waals surface area (Å²) in [4.78, 5) is 12.1. The van der Waals surface area contributed by atoms with Crippen LogP contribution in [-0.4, -0.2) is 14.4 Å². The van der Waals surface area contributed by atoms with Crippen LogP contribution in [0, 0.1) is 0 Å². The van der Waals surface area contributed by atoms with Crippen molar-refractivity contribution in [3.8, 4) is 0 Å². The molecule has 0 atom stereocenters. The molecule has 0 aliphatic heterocycles. The Morgan fingerprint density at radius 3 is 1.81 bits per heavy atom. The molecule has 0 saturated carbocycles. The molecule has 0 radical (unpaired) electrons. The second-order valence-electron chi connectivity index (χ2n) is 5.78. The van der Waals surface area contributed by atoms with Crippen molar-refractivity contribution in [2.24, 2.45) is 0 Å². The summed E-state index contributed by atoms with van der Waals surface area (Å²) in [5, 5.41) is 5.35. The van der Waals surface area contributed by atoms with Crippen molar-refractivity contribution >= 4 is 27.4 Å². The zero-order chi connectivity index (χ0) is 19.1. The summed E-state index contributed by atoms with van der Waals surface area (Å²) in [5.41, 5.74) is 2.03. The lowest BCUT2D eigenvalue weighted by Gasteiger charge is -2.09. The summed E-state index contributed by atoms with van der Waals surface area (Å²) >= 11 is 0. The van der Waals surface area contributed by atoms with Crippen molar-refractivity contribution in [1.29, 1.82) is 0 Å². The zero-order valence-electron chi connectivity index (χ0n) is 14.4. The van der Waals surface area contributed by atoms with Gasteiger partial charge >= 0.3 is 6.03 Å². The van der Waals surface area contributed by atoms with Crippen molar-refractivity contribution in [3.63, 3.8) is 0 Å². The minimum absolute atomic E-state index is 0.132. The van der Waals surface area contributed by atoms with E-state index in [1.165, 1.54) is 12.1 Å². The van der Waals surface area contributed by atoms with Crippen molar-refractivity contribution in [3.05, 3.63) is 90.5 Å². The number of benzene rings is 3. The Bertz CT molecular complexity index is 990. The molecule has 3 aromatic rings. The Morgan fingerprint density at radius 2 is 1.22 bits per heavy atom. The average molecular weight is 381 g/mol. The molecule has 7 heteroatoms. The molecule has 0 bridgehead atoms. The predicted molar refractivity (Wildman–Crippen MR) is 106 cm³/mol. The van der Waals surface area contributed by atoms with Crippen LogP contribution in [-0.2, 0) is 16.6 Å². The van der Waals surface area contributed by atoms with Crippen LogP contribution < -0.4 is 15.4 Å². The first-order chi connectivity index (χ1) is 13.0. The van der Waals surface area contributed by atoms with Gasteiger partial charge in [-0.3, -0.25) is 0 Å². The molecule has 0 aromatic heterocycles. The first-order valence-corrected chi connectivity index (χ1v) is 9.78. The summed E-state index contributed by atoms with van der Waals surface area (Å²) in [7, 11) is -3.63. The van der Waals surface area contributed by atoms with Gasteiger partial charge in [-0.2, -0.15) is 0 Å². The van der Waals surface area contributed by atoms with Gasteiger partial charge in [0.1, 0.15) is 0 Å². The molecule has 2 amide bonds. The minimum Gasteiger partial charge on any atom is -0.308 e. The zero-order valence-corrected chi connectivity index (χ0v) is 15.2. The fourth-order valence-electron chi connectivity index (χ4n) is 2.39. The average Bonchev–Trinajstić information content (AvgIpc) is 2.68. The SMILES string of the molecule is O=C(Nc1ccccc1)Nc1ccc(S(=O)(=O)NCc2ccccc2)cc1. The molecule has 27 heavy (non-hydrogen) atoms. The quantitative estimate of drug-likeness (QED) is 0.607. The smallest absolute Gasteiger partial charge is 0.308 e. The fourth-order valence-corrected chi connectivity index (χ4v) is 3.41. The van der Waals surface area contributed by atoms with Gasteiger partial charge in [0, 0.05) is 17.9 Å². The number of hydrogen-bond acceptors (Lipinski definition) is 3. The number of sulfonamides is 1. The van der Waals surface area contributed by atoms with E-state index in [1.807, 2.05) is 48.5 Å². The van der Waals surface area contributed by atoms with E-state index in [9.17, 15) is 13.2 Å². The monoisotopic (exact) mass is 381 g/mol. The Hall–Kier alpha value is -3.16. The van der Waals surface area contributed by atoms with Crippen molar-refractivity contribution < 1.29 is 13.2 Å². The molecule has 0 fully saturated rings. The third kappa shape index (κ3) is 5.40. The molecule has 0 heterocycles. The number of hydrogen-bond donors (Lipinski definition) is 3. The normalized spacial score (nSPS) is 11.0. The molecular formula is C20H19N3O3S. The number of carbonyl (C=O) groups excluding carboxylic acids is 1. The third-order valence-electron chi connectivity index (χ3n) is 3.76. The van der Waals surface area contributed by atoms with Gasteiger partial charge in [-0.1, -0.05) is 48.5 Å². The first-order valence-electron chi connectivity index (χ1n) is 8.30. The Kier molecular flexibility index (Phi) is 5.85. The highest BCUT2D eigenvalue weighted by Gasteiger charge is 2.13. The van der Waals surface area contributed by atoms with Crippen molar-refractivity contribution in [2.75, 3.05) is 10.6 Å². The van der Waals surface area contributed by atoms with Crippen LogP contribution in [0.4, 0.5) is 16.2 Å². The maximum atomic E-state index is 12.4. The standard InChI is InChI=1S/C20H19N3O3S/c24-20(22-17-9-5-2-6-10-17)23-18-11-13-19(14-12-18)27(25,26)21-15-16-7-3-1-4-8-16/h1-14,21H,15H2,(H2,22,23,24). The number of rotatable bonds is 6. The van der Waals surface area contributed by atoms with Gasteiger partial charge in [-0.25, -0.2) is 17.9 Å². The summed E-state index contributed by atoms with van der Waals surface area (Å²) in [6.07, 6.45) is 0. The molecular weight excluding hydrogens is 362 g/mol. The number of amides is 2. The van der Waals surface area contributed by atoms with Gasteiger partial charge in [-0.15, -0.1) is 0 Å². The minimum atomic E-state index is -3.63. The molecule has 138 valence electrons. The van der Waals surface area contributed by atoms with E-state index in [4.69, 9.17) is 0 Å². The number of anilines is 2. The lowest BCUT2D eigenvalue weighted by atomic mass is 10.2. The molecule has 0 aliphatic rings. The molecule has 3 N–H and O–H groups in total. The van der Waals surface area contributed by atoms with Crippen LogP contribution in [0.15, 0.2) is 89.8 Å². The van der Waals surface area contributed by atoms with Crippen LogP contribution in [0.5, 0.6) is 0 Å². The summed E-state index contributed by atoms with van der Waals surface area (Å²) in [5.74, 6) is 0. The number of carbonyl (C=O) groups is 1. The van der Waals surface area contributed by atoms with Crippen molar-refractivity contribution in [2.45, 2.75) is 11.4 Å². The largest absolute Gasteiger partial charge is 0.323 e. The van der Waals surface area contributed by atoms with E-state index >= 15 is 0 Å². The van der Waals surface area contributed by atoms with Gasteiger partial charge in [0.15, 0.2) is 0 Å². The number of para-hydroxylation sites is 1. The van der Waals surface area contributed by atoms with E-state index < -0.39 is 16.1 Å². The molecule has 3 aromatic carbocycles.